The summed E-state index contributed by atoms with van der Waals surface area (Å²) in [5, 5.41) is 22.6. The van der Waals surface area contributed by atoms with Gasteiger partial charge in [0.25, 0.3) is 5.69 Å². The van der Waals surface area contributed by atoms with Crippen molar-refractivity contribution >= 4 is 17.3 Å². The summed E-state index contributed by atoms with van der Waals surface area (Å²) in [5.41, 5.74) is -0.0704. The minimum Gasteiger partial charge on any atom is -0.478 e. The SMILES string of the molecule is CCCCOCCNc1ccc(C(=O)O)cc1[N+](=O)[O-]. The molecule has 0 aromatic heterocycles. The summed E-state index contributed by atoms with van der Waals surface area (Å²) in [6.45, 7) is 3.60. The molecular weight excluding hydrogens is 264 g/mol. The van der Waals surface area contributed by atoms with E-state index in [0.717, 1.165) is 18.9 Å². The van der Waals surface area contributed by atoms with Crippen LogP contribution in [0.2, 0.25) is 0 Å². The van der Waals surface area contributed by atoms with Gasteiger partial charge in [-0.1, -0.05) is 13.3 Å². The Kier molecular flexibility index (Phi) is 6.45. The predicted octanol–water partition coefficient (Wildman–Crippen LogP) is 2.52. The van der Waals surface area contributed by atoms with Crippen LogP contribution in [0.3, 0.4) is 0 Å². The number of hydrogen-bond donors (Lipinski definition) is 2. The molecule has 0 unspecified atom stereocenters. The van der Waals surface area contributed by atoms with E-state index in [1.807, 2.05) is 0 Å². The number of carbonyl (C=O) groups is 1. The van der Waals surface area contributed by atoms with E-state index in [4.69, 9.17) is 9.84 Å². The van der Waals surface area contributed by atoms with Crippen LogP contribution < -0.4 is 5.32 Å². The molecule has 0 aliphatic carbocycles. The number of carboxylic acids is 1. The largest absolute Gasteiger partial charge is 0.478 e. The van der Waals surface area contributed by atoms with E-state index in [0.29, 0.717) is 25.4 Å². The first-order valence-electron chi connectivity index (χ1n) is 6.39. The second-order valence-electron chi connectivity index (χ2n) is 4.19. The molecule has 0 radical (unpaired) electrons. The minimum atomic E-state index is -1.19. The number of unbranched alkanes of at least 4 members (excludes halogenated alkanes) is 1. The van der Waals surface area contributed by atoms with E-state index in [-0.39, 0.29) is 11.3 Å². The topological polar surface area (TPSA) is 102 Å². The zero-order chi connectivity index (χ0) is 15.0. The highest BCUT2D eigenvalue weighted by Crippen LogP contribution is 2.25. The van der Waals surface area contributed by atoms with Crippen LogP contribution in [-0.2, 0) is 4.74 Å². The highest BCUT2D eigenvalue weighted by atomic mass is 16.6. The minimum absolute atomic E-state index is 0.110. The van der Waals surface area contributed by atoms with Crippen molar-refractivity contribution in [3.8, 4) is 0 Å². The Labute approximate surface area is 116 Å². The van der Waals surface area contributed by atoms with Gasteiger partial charge in [0.05, 0.1) is 17.1 Å². The zero-order valence-electron chi connectivity index (χ0n) is 11.3. The number of anilines is 1. The Morgan fingerprint density at radius 2 is 2.20 bits per heavy atom. The van der Waals surface area contributed by atoms with E-state index in [1.54, 1.807) is 0 Å². The first-order chi connectivity index (χ1) is 9.56. The molecule has 0 aliphatic heterocycles. The van der Waals surface area contributed by atoms with Crippen molar-refractivity contribution in [1.29, 1.82) is 0 Å². The van der Waals surface area contributed by atoms with Gasteiger partial charge in [0.1, 0.15) is 5.69 Å². The lowest BCUT2D eigenvalue weighted by Gasteiger charge is -2.08. The van der Waals surface area contributed by atoms with E-state index >= 15 is 0 Å². The number of nitro benzene ring substituents is 1. The van der Waals surface area contributed by atoms with Crippen LogP contribution in [0.4, 0.5) is 11.4 Å². The number of hydrogen-bond acceptors (Lipinski definition) is 5. The smallest absolute Gasteiger partial charge is 0.335 e. The third-order valence-electron chi connectivity index (χ3n) is 2.65. The highest BCUT2D eigenvalue weighted by molar-refractivity contribution is 5.89. The molecule has 1 aromatic carbocycles. The van der Waals surface area contributed by atoms with Crippen LogP contribution >= 0.6 is 0 Å². The molecule has 20 heavy (non-hydrogen) atoms. The molecule has 0 fully saturated rings. The third-order valence-corrected chi connectivity index (χ3v) is 2.65. The summed E-state index contributed by atoms with van der Waals surface area (Å²) in [5.74, 6) is -1.19. The number of benzene rings is 1. The molecule has 0 spiro atoms. The number of carboxylic acid groups (broad SMARTS) is 1. The molecule has 2 N–H and O–H groups in total. The van der Waals surface area contributed by atoms with E-state index < -0.39 is 10.9 Å². The molecule has 1 rings (SSSR count). The maximum atomic E-state index is 10.9. The molecule has 0 amide bonds. The van der Waals surface area contributed by atoms with E-state index in [9.17, 15) is 14.9 Å². The maximum Gasteiger partial charge on any atom is 0.335 e. The van der Waals surface area contributed by atoms with Gasteiger partial charge in [0.15, 0.2) is 0 Å². The van der Waals surface area contributed by atoms with Crippen LogP contribution in [0.15, 0.2) is 18.2 Å². The van der Waals surface area contributed by atoms with Crippen molar-refractivity contribution in [2.45, 2.75) is 19.8 Å². The third kappa shape index (κ3) is 4.85. The van der Waals surface area contributed by atoms with Crippen LogP contribution in [0, 0.1) is 10.1 Å². The Hall–Kier alpha value is -2.15. The summed E-state index contributed by atoms with van der Waals surface area (Å²) in [4.78, 5) is 21.1. The average molecular weight is 282 g/mol. The summed E-state index contributed by atoms with van der Waals surface area (Å²) in [6.07, 6.45) is 2.03. The van der Waals surface area contributed by atoms with Crippen molar-refractivity contribution in [3.63, 3.8) is 0 Å². The zero-order valence-corrected chi connectivity index (χ0v) is 11.3. The van der Waals surface area contributed by atoms with Gasteiger partial charge in [0.2, 0.25) is 0 Å². The van der Waals surface area contributed by atoms with Crippen molar-refractivity contribution in [1.82, 2.24) is 0 Å². The number of rotatable bonds is 9. The van der Waals surface area contributed by atoms with Gasteiger partial charge in [-0.05, 0) is 18.6 Å². The number of nitrogens with zero attached hydrogens (tertiary/aromatic N) is 1. The molecule has 7 nitrogen and oxygen atoms in total. The Balaban J connectivity index is 2.60. The van der Waals surface area contributed by atoms with Crippen LogP contribution in [0.5, 0.6) is 0 Å². The molecule has 0 aliphatic rings. The van der Waals surface area contributed by atoms with Gasteiger partial charge in [-0.25, -0.2) is 4.79 Å². The van der Waals surface area contributed by atoms with Gasteiger partial charge in [-0.15, -0.1) is 0 Å². The summed E-state index contributed by atoms with van der Waals surface area (Å²) < 4.78 is 5.33. The van der Waals surface area contributed by atoms with E-state index in [1.165, 1.54) is 12.1 Å². The van der Waals surface area contributed by atoms with Crippen molar-refractivity contribution in [2.24, 2.45) is 0 Å². The van der Waals surface area contributed by atoms with Crippen LogP contribution in [-0.4, -0.2) is 35.8 Å². The lowest BCUT2D eigenvalue weighted by Crippen LogP contribution is -2.11. The Morgan fingerprint density at radius 3 is 2.80 bits per heavy atom. The van der Waals surface area contributed by atoms with Crippen LogP contribution in [0.25, 0.3) is 0 Å². The lowest BCUT2D eigenvalue weighted by molar-refractivity contribution is -0.384. The molecule has 0 saturated heterocycles. The molecule has 7 heteroatoms. The standard InChI is InChI=1S/C13H18N2O5/c1-2-3-7-20-8-6-14-11-5-4-10(13(16)17)9-12(11)15(18)19/h4-5,9,14H,2-3,6-8H2,1H3,(H,16,17). The van der Waals surface area contributed by atoms with Crippen molar-refractivity contribution in [3.05, 3.63) is 33.9 Å². The fraction of sp³-hybridized carbons (Fsp3) is 0.462. The van der Waals surface area contributed by atoms with Gasteiger partial charge in [0, 0.05) is 19.2 Å². The summed E-state index contributed by atoms with van der Waals surface area (Å²) >= 11 is 0. The van der Waals surface area contributed by atoms with E-state index in [2.05, 4.69) is 12.2 Å². The van der Waals surface area contributed by atoms with Gasteiger partial charge in [-0.2, -0.15) is 0 Å². The maximum absolute atomic E-state index is 10.9. The second-order valence-corrected chi connectivity index (χ2v) is 4.19. The number of nitro groups is 1. The number of aromatic carboxylic acids is 1. The fourth-order valence-electron chi connectivity index (χ4n) is 1.57. The second kappa shape index (κ2) is 8.11. The normalized spacial score (nSPS) is 10.2. The van der Waals surface area contributed by atoms with Crippen molar-refractivity contribution < 1.29 is 19.6 Å². The molecule has 0 bridgehead atoms. The number of ether oxygens (including phenoxy) is 1. The first kappa shape index (κ1) is 15.9. The summed E-state index contributed by atoms with van der Waals surface area (Å²) in [7, 11) is 0. The molecule has 0 atom stereocenters. The highest BCUT2D eigenvalue weighted by Gasteiger charge is 2.16. The van der Waals surface area contributed by atoms with Crippen LogP contribution in [0.1, 0.15) is 30.1 Å². The first-order valence-corrected chi connectivity index (χ1v) is 6.39. The number of nitrogens with one attached hydrogen (secondary N) is 1. The van der Waals surface area contributed by atoms with Crippen molar-refractivity contribution in [2.75, 3.05) is 25.1 Å². The Morgan fingerprint density at radius 1 is 1.45 bits per heavy atom. The quantitative estimate of drug-likeness (QED) is 0.410. The lowest BCUT2D eigenvalue weighted by atomic mass is 10.1. The molecule has 1 aromatic rings. The average Bonchev–Trinajstić information content (AvgIpc) is 2.42. The monoisotopic (exact) mass is 282 g/mol. The Bertz CT molecular complexity index is 476. The molecule has 0 heterocycles. The molecular formula is C13H18N2O5. The molecule has 0 saturated carbocycles. The van der Waals surface area contributed by atoms with Gasteiger partial charge in [-0.3, -0.25) is 10.1 Å². The summed E-state index contributed by atoms with van der Waals surface area (Å²) in [6, 6.07) is 3.77. The predicted molar refractivity (Wildman–Crippen MR) is 74.3 cm³/mol. The van der Waals surface area contributed by atoms with Gasteiger partial charge < -0.3 is 15.2 Å². The molecule has 110 valence electrons. The fourth-order valence-corrected chi connectivity index (χ4v) is 1.57. The van der Waals surface area contributed by atoms with Gasteiger partial charge >= 0.3 is 5.97 Å².